The zero-order chi connectivity index (χ0) is 10.7. The van der Waals surface area contributed by atoms with Gasteiger partial charge in [0.15, 0.2) is 11.6 Å². The molecule has 0 aliphatic carbocycles. The highest BCUT2D eigenvalue weighted by Crippen LogP contribution is 2.23. The quantitative estimate of drug-likeness (QED) is 0.747. The second kappa shape index (κ2) is 4.09. The van der Waals surface area contributed by atoms with Crippen LogP contribution in [0.1, 0.15) is 0 Å². The lowest BCUT2D eigenvalue weighted by Gasteiger charge is -2.04. The van der Waals surface area contributed by atoms with Crippen molar-refractivity contribution in [2.75, 3.05) is 7.11 Å². The lowest BCUT2D eigenvalue weighted by molar-refractivity contribution is 0.386. The summed E-state index contributed by atoms with van der Waals surface area (Å²) in [6.07, 6.45) is 1.62. The maximum atomic E-state index is 13.4. The van der Waals surface area contributed by atoms with Gasteiger partial charge in [-0.15, -0.1) is 0 Å². The van der Waals surface area contributed by atoms with Crippen LogP contribution in [0.2, 0.25) is 0 Å². The average Bonchev–Trinajstić information content (AvgIpc) is 2.30. The first-order valence-electron chi connectivity index (χ1n) is 4.47. The Balaban J connectivity index is 2.43. The lowest BCUT2D eigenvalue weighted by atomic mass is 10.1. The number of hydrogen-bond donors (Lipinski definition) is 0. The van der Waals surface area contributed by atoms with E-state index in [9.17, 15) is 4.39 Å². The fraction of sp³-hybridized carbons (Fsp3) is 0.0833. The van der Waals surface area contributed by atoms with Crippen molar-refractivity contribution in [1.82, 2.24) is 4.98 Å². The molecule has 1 heterocycles. The molecule has 2 nitrogen and oxygen atoms in total. The van der Waals surface area contributed by atoms with Gasteiger partial charge in [-0.25, -0.2) is 4.39 Å². The summed E-state index contributed by atoms with van der Waals surface area (Å²) < 4.78 is 18.2. The summed E-state index contributed by atoms with van der Waals surface area (Å²) in [6, 6.07) is 11.0. The highest BCUT2D eigenvalue weighted by atomic mass is 19.1. The van der Waals surface area contributed by atoms with Crippen LogP contribution in [0.5, 0.6) is 5.75 Å². The van der Waals surface area contributed by atoms with Crippen molar-refractivity contribution in [2.24, 2.45) is 0 Å². The van der Waals surface area contributed by atoms with Crippen LogP contribution in [-0.4, -0.2) is 12.1 Å². The van der Waals surface area contributed by atoms with Gasteiger partial charge in [0.05, 0.1) is 12.8 Å². The van der Waals surface area contributed by atoms with Crippen molar-refractivity contribution in [3.8, 4) is 17.0 Å². The van der Waals surface area contributed by atoms with Crippen molar-refractivity contribution in [2.45, 2.75) is 0 Å². The van der Waals surface area contributed by atoms with Gasteiger partial charge in [0, 0.05) is 11.8 Å². The Morgan fingerprint density at radius 2 is 2.27 bits per heavy atom. The van der Waals surface area contributed by atoms with Crippen molar-refractivity contribution >= 4 is 0 Å². The highest BCUT2D eigenvalue weighted by Gasteiger charge is 2.05. The molecular weight excluding hydrogens is 193 g/mol. The Morgan fingerprint density at radius 1 is 1.40 bits per heavy atom. The Kier molecular flexibility index (Phi) is 2.63. The summed E-state index contributed by atoms with van der Waals surface area (Å²) in [5, 5.41) is 0. The molecule has 1 radical (unpaired) electrons. The molecule has 0 saturated heterocycles. The Labute approximate surface area is 87.4 Å². The van der Waals surface area contributed by atoms with Crippen molar-refractivity contribution in [1.29, 1.82) is 0 Å². The van der Waals surface area contributed by atoms with Gasteiger partial charge in [0.2, 0.25) is 0 Å². The van der Waals surface area contributed by atoms with Gasteiger partial charge in [-0.1, -0.05) is 0 Å². The zero-order valence-electron chi connectivity index (χ0n) is 8.20. The minimum atomic E-state index is -0.388. The van der Waals surface area contributed by atoms with E-state index in [0.717, 1.165) is 0 Å². The van der Waals surface area contributed by atoms with E-state index in [1.165, 1.54) is 13.2 Å². The molecule has 0 unspecified atom stereocenters. The molecule has 15 heavy (non-hydrogen) atoms. The first-order valence-corrected chi connectivity index (χ1v) is 4.47. The van der Waals surface area contributed by atoms with Gasteiger partial charge in [0.25, 0.3) is 0 Å². The number of halogens is 1. The predicted molar refractivity (Wildman–Crippen MR) is 55.0 cm³/mol. The lowest BCUT2D eigenvalue weighted by Crippen LogP contribution is -1.89. The molecule has 75 valence electrons. The number of ether oxygens (including phenoxy) is 1. The third-order valence-electron chi connectivity index (χ3n) is 2.05. The summed E-state index contributed by atoms with van der Waals surface area (Å²) in [4.78, 5) is 4.11. The third kappa shape index (κ3) is 1.96. The van der Waals surface area contributed by atoms with Crippen LogP contribution in [-0.2, 0) is 0 Å². The smallest absolute Gasteiger partial charge is 0.165 e. The van der Waals surface area contributed by atoms with Crippen molar-refractivity contribution in [3.63, 3.8) is 0 Å². The summed E-state index contributed by atoms with van der Waals surface area (Å²) in [6.45, 7) is 0. The van der Waals surface area contributed by atoms with Crippen molar-refractivity contribution < 1.29 is 9.13 Å². The topological polar surface area (TPSA) is 22.1 Å². The summed E-state index contributed by atoms with van der Waals surface area (Å²) in [5.41, 5.74) is 1.41. The number of benzene rings is 1. The monoisotopic (exact) mass is 202 g/mol. The molecule has 0 amide bonds. The number of rotatable bonds is 2. The summed E-state index contributed by atoms with van der Waals surface area (Å²) in [7, 11) is 1.44. The number of pyridine rings is 1. The predicted octanol–water partition coefficient (Wildman–Crippen LogP) is 2.70. The molecule has 1 aromatic carbocycles. The second-order valence-corrected chi connectivity index (χ2v) is 2.99. The number of nitrogens with zero attached hydrogens (tertiary/aromatic N) is 1. The van der Waals surface area contributed by atoms with Crippen LogP contribution in [0, 0.1) is 11.9 Å². The average molecular weight is 202 g/mol. The van der Waals surface area contributed by atoms with Crippen LogP contribution in [0.4, 0.5) is 4.39 Å². The van der Waals surface area contributed by atoms with E-state index in [4.69, 9.17) is 4.74 Å². The minimum absolute atomic E-state index is 0.235. The highest BCUT2D eigenvalue weighted by molar-refractivity contribution is 5.59. The maximum absolute atomic E-state index is 13.4. The van der Waals surface area contributed by atoms with E-state index in [1.807, 2.05) is 0 Å². The molecule has 0 atom stereocenters. The fourth-order valence-corrected chi connectivity index (χ4v) is 1.31. The first-order chi connectivity index (χ1) is 7.31. The SMILES string of the molecule is COc1ccc(-c2c[c]ccn2)cc1F. The molecule has 0 saturated carbocycles. The molecule has 2 aromatic rings. The van der Waals surface area contributed by atoms with E-state index in [-0.39, 0.29) is 11.6 Å². The van der Waals surface area contributed by atoms with E-state index < -0.39 is 0 Å². The summed E-state index contributed by atoms with van der Waals surface area (Å²) >= 11 is 0. The van der Waals surface area contributed by atoms with Crippen molar-refractivity contribution in [3.05, 3.63) is 48.4 Å². The fourth-order valence-electron chi connectivity index (χ4n) is 1.31. The number of hydrogen-bond acceptors (Lipinski definition) is 2. The van der Waals surface area contributed by atoms with E-state index >= 15 is 0 Å². The molecule has 0 bridgehead atoms. The zero-order valence-corrected chi connectivity index (χ0v) is 8.20. The molecule has 3 heteroatoms. The number of aromatic nitrogens is 1. The van der Waals surface area contributed by atoms with Crippen LogP contribution in [0.3, 0.4) is 0 Å². The molecule has 0 fully saturated rings. The van der Waals surface area contributed by atoms with E-state index in [2.05, 4.69) is 11.1 Å². The van der Waals surface area contributed by atoms with Crippen LogP contribution in [0.25, 0.3) is 11.3 Å². The maximum Gasteiger partial charge on any atom is 0.165 e. The van der Waals surface area contributed by atoms with Gasteiger partial charge < -0.3 is 4.74 Å². The van der Waals surface area contributed by atoms with Crippen LogP contribution in [0.15, 0.2) is 36.5 Å². The van der Waals surface area contributed by atoms with Gasteiger partial charge in [0.1, 0.15) is 0 Å². The number of methoxy groups -OCH3 is 1. The van der Waals surface area contributed by atoms with E-state index in [1.54, 1.807) is 30.5 Å². The molecule has 0 aliphatic rings. The van der Waals surface area contributed by atoms with Gasteiger partial charge >= 0.3 is 0 Å². The molecular formula is C12H9FNO. The Bertz CT molecular complexity index is 456. The molecule has 0 aliphatic heterocycles. The van der Waals surface area contributed by atoms with Crippen LogP contribution < -0.4 is 4.74 Å². The van der Waals surface area contributed by atoms with Gasteiger partial charge in [-0.05, 0) is 36.4 Å². The van der Waals surface area contributed by atoms with E-state index in [0.29, 0.717) is 11.3 Å². The Morgan fingerprint density at radius 3 is 2.87 bits per heavy atom. The second-order valence-electron chi connectivity index (χ2n) is 2.99. The third-order valence-corrected chi connectivity index (χ3v) is 2.05. The first kappa shape index (κ1) is 9.65. The molecule has 2 rings (SSSR count). The van der Waals surface area contributed by atoms with Gasteiger partial charge in [-0.2, -0.15) is 0 Å². The summed E-state index contributed by atoms with van der Waals surface area (Å²) in [5.74, 6) is -0.153. The molecule has 0 N–H and O–H groups in total. The standard InChI is InChI=1S/C12H9FNO/c1-15-12-6-5-9(8-10(12)13)11-4-2-3-7-14-11/h3-8H,1H3. The van der Waals surface area contributed by atoms with Gasteiger partial charge in [-0.3, -0.25) is 4.98 Å². The Hall–Kier alpha value is -1.90. The minimum Gasteiger partial charge on any atom is -0.494 e. The molecule has 0 spiro atoms. The normalized spacial score (nSPS) is 10.0. The molecule has 1 aromatic heterocycles. The van der Waals surface area contributed by atoms with Crippen LogP contribution >= 0.6 is 0 Å². The largest absolute Gasteiger partial charge is 0.494 e.